The molecule has 2 fully saturated rings. The molecular formula is C21H28N2O4. The predicted molar refractivity (Wildman–Crippen MR) is 102 cm³/mol. The molecule has 0 aliphatic carbocycles. The van der Waals surface area contributed by atoms with Crippen LogP contribution in [0.5, 0.6) is 0 Å². The maximum absolute atomic E-state index is 13.1. The molecule has 2 aliphatic heterocycles. The van der Waals surface area contributed by atoms with Crippen LogP contribution in [0, 0.1) is 19.8 Å². The Morgan fingerprint density at radius 1 is 1.11 bits per heavy atom. The van der Waals surface area contributed by atoms with Gasteiger partial charge in [0.2, 0.25) is 11.8 Å². The van der Waals surface area contributed by atoms with E-state index in [1.54, 1.807) is 9.80 Å². The summed E-state index contributed by atoms with van der Waals surface area (Å²) in [4.78, 5) is 41.2. The zero-order chi connectivity index (χ0) is 19.6. The molecule has 0 saturated carbocycles. The van der Waals surface area contributed by atoms with Crippen molar-refractivity contribution < 1.29 is 19.1 Å². The summed E-state index contributed by atoms with van der Waals surface area (Å²) < 4.78 is 4.77. The van der Waals surface area contributed by atoms with Gasteiger partial charge >= 0.3 is 5.97 Å². The smallest absolute Gasteiger partial charge is 0.307 e. The third-order valence-electron chi connectivity index (χ3n) is 5.85. The van der Waals surface area contributed by atoms with Gasteiger partial charge in [-0.2, -0.15) is 0 Å². The summed E-state index contributed by atoms with van der Waals surface area (Å²) in [6.07, 6.45) is 3.39. The number of carbonyl (C=O) groups is 3. The first-order valence-corrected chi connectivity index (χ1v) is 9.68. The van der Waals surface area contributed by atoms with Gasteiger partial charge in [-0.05, 0) is 62.8 Å². The minimum absolute atomic E-state index is 0.134. The number of benzene rings is 1. The molecule has 2 heterocycles. The second-order valence-electron chi connectivity index (χ2n) is 7.56. The number of hydrogen-bond donors (Lipinski definition) is 0. The van der Waals surface area contributed by atoms with Crippen LogP contribution in [0.4, 0.5) is 5.69 Å². The molecule has 2 atom stereocenters. The number of esters is 1. The fourth-order valence-corrected chi connectivity index (χ4v) is 4.04. The van der Waals surface area contributed by atoms with Crippen molar-refractivity contribution in [3.63, 3.8) is 0 Å². The number of hydrogen-bond acceptors (Lipinski definition) is 4. The number of rotatable bonds is 4. The second kappa shape index (κ2) is 8.11. The molecule has 0 bridgehead atoms. The number of carbonyl (C=O) groups excluding carboxylic acids is 3. The molecule has 1 aromatic carbocycles. The van der Waals surface area contributed by atoms with Crippen LogP contribution in [0.1, 0.15) is 43.2 Å². The molecule has 6 heteroatoms. The lowest BCUT2D eigenvalue weighted by molar-refractivity contribution is -0.147. The topological polar surface area (TPSA) is 66.9 Å². The van der Waals surface area contributed by atoms with E-state index < -0.39 is 5.92 Å². The van der Waals surface area contributed by atoms with Crippen LogP contribution in [-0.4, -0.2) is 48.9 Å². The molecule has 1 aromatic rings. The van der Waals surface area contributed by atoms with Gasteiger partial charge in [0.15, 0.2) is 0 Å². The maximum Gasteiger partial charge on any atom is 0.307 e. The predicted octanol–water partition coefficient (Wildman–Crippen LogP) is 2.60. The number of nitrogens with zero attached hydrogens (tertiary/aromatic N) is 2. The first-order valence-electron chi connectivity index (χ1n) is 9.68. The van der Waals surface area contributed by atoms with Crippen molar-refractivity contribution in [2.75, 3.05) is 25.1 Å². The van der Waals surface area contributed by atoms with Crippen LogP contribution in [-0.2, 0) is 19.1 Å². The minimum Gasteiger partial charge on any atom is -0.469 e. The van der Waals surface area contributed by atoms with E-state index in [1.807, 2.05) is 32.0 Å². The largest absolute Gasteiger partial charge is 0.469 e. The number of anilines is 1. The van der Waals surface area contributed by atoms with Crippen molar-refractivity contribution >= 4 is 23.5 Å². The van der Waals surface area contributed by atoms with Crippen LogP contribution in [0.25, 0.3) is 0 Å². The molecule has 27 heavy (non-hydrogen) atoms. The maximum atomic E-state index is 13.1. The van der Waals surface area contributed by atoms with Crippen molar-refractivity contribution in [1.82, 2.24) is 4.90 Å². The Balaban J connectivity index is 1.73. The number of ether oxygens (including phenoxy) is 1. The van der Waals surface area contributed by atoms with E-state index in [1.165, 1.54) is 12.7 Å². The van der Waals surface area contributed by atoms with E-state index in [0.29, 0.717) is 19.5 Å². The molecule has 0 unspecified atom stereocenters. The molecule has 0 radical (unpaired) electrons. The molecule has 2 saturated heterocycles. The van der Waals surface area contributed by atoms with Crippen molar-refractivity contribution in [2.45, 2.75) is 52.0 Å². The lowest BCUT2D eigenvalue weighted by Crippen LogP contribution is -2.48. The molecule has 0 N–H and O–H groups in total. The minimum atomic E-state index is -0.648. The van der Waals surface area contributed by atoms with Crippen molar-refractivity contribution in [3.05, 3.63) is 29.3 Å². The number of piperidine rings is 1. The van der Waals surface area contributed by atoms with Gasteiger partial charge in [-0.3, -0.25) is 14.4 Å². The average Bonchev–Trinajstić information content (AvgIpc) is 3.05. The number of amides is 2. The zero-order valence-electron chi connectivity index (χ0n) is 16.4. The third kappa shape index (κ3) is 3.99. The molecule has 146 valence electrons. The van der Waals surface area contributed by atoms with Crippen LogP contribution in [0.2, 0.25) is 0 Å². The molecule has 2 amide bonds. The Bertz CT molecular complexity index is 746. The van der Waals surface area contributed by atoms with Crippen LogP contribution >= 0.6 is 0 Å². The van der Waals surface area contributed by atoms with E-state index in [4.69, 9.17) is 4.74 Å². The molecule has 2 aliphatic rings. The summed E-state index contributed by atoms with van der Waals surface area (Å²) in [6.45, 7) is 5.21. The highest BCUT2D eigenvalue weighted by Crippen LogP contribution is 2.30. The van der Waals surface area contributed by atoms with Crippen LogP contribution < -0.4 is 4.90 Å². The van der Waals surface area contributed by atoms with E-state index >= 15 is 0 Å². The van der Waals surface area contributed by atoms with Crippen molar-refractivity contribution in [2.24, 2.45) is 5.92 Å². The van der Waals surface area contributed by atoms with Gasteiger partial charge in [0.1, 0.15) is 5.92 Å². The Hall–Kier alpha value is -2.37. The molecular weight excluding hydrogens is 344 g/mol. The van der Waals surface area contributed by atoms with Gasteiger partial charge in [-0.15, -0.1) is 0 Å². The number of likely N-dealkylation sites (tertiary alicyclic amines) is 1. The first-order chi connectivity index (χ1) is 12.9. The van der Waals surface area contributed by atoms with Crippen molar-refractivity contribution in [1.29, 1.82) is 0 Å². The summed E-state index contributed by atoms with van der Waals surface area (Å²) in [5.74, 6) is -1.23. The lowest BCUT2D eigenvalue weighted by atomic mass is 9.96. The van der Waals surface area contributed by atoms with Crippen LogP contribution in [0.15, 0.2) is 18.2 Å². The van der Waals surface area contributed by atoms with E-state index in [2.05, 4.69) is 0 Å². The lowest BCUT2D eigenvalue weighted by Gasteiger charge is -2.36. The first kappa shape index (κ1) is 19.4. The van der Waals surface area contributed by atoms with Crippen LogP contribution in [0.3, 0.4) is 0 Å². The van der Waals surface area contributed by atoms with E-state index in [0.717, 1.165) is 30.5 Å². The normalized spacial score (nSPS) is 22.9. The van der Waals surface area contributed by atoms with Gasteiger partial charge in [0.05, 0.1) is 13.5 Å². The summed E-state index contributed by atoms with van der Waals surface area (Å²) in [6, 6.07) is 5.78. The molecule has 6 nitrogen and oxygen atoms in total. The Morgan fingerprint density at radius 3 is 2.59 bits per heavy atom. The molecule has 3 rings (SSSR count). The number of aryl methyl sites for hydroxylation is 2. The average molecular weight is 372 g/mol. The van der Waals surface area contributed by atoms with Gasteiger partial charge in [0.25, 0.3) is 0 Å². The molecule has 0 spiro atoms. The summed E-state index contributed by atoms with van der Waals surface area (Å²) in [7, 11) is 1.36. The van der Waals surface area contributed by atoms with E-state index in [-0.39, 0.29) is 30.2 Å². The SMILES string of the molecule is COC(=O)C[C@@H]1CCCCN1C(=O)[C@@H]1CCN(c2ccc(C)c(C)c2)C1=O. The highest BCUT2D eigenvalue weighted by atomic mass is 16.5. The third-order valence-corrected chi connectivity index (χ3v) is 5.85. The standard InChI is InChI=1S/C21H28N2O4/c1-14-7-8-17(12-15(14)2)23-11-9-18(21(23)26)20(25)22-10-5-4-6-16(22)13-19(24)27-3/h7-8,12,16,18H,4-6,9-11,13H2,1-3H3/t16-,18-/m0/s1. The summed E-state index contributed by atoms with van der Waals surface area (Å²) in [5, 5.41) is 0. The van der Waals surface area contributed by atoms with E-state index in [9.17, 15) is 14.4 Å². The van der Waals surface area contributed by atoms with Gasteiger partial charge in [-0.1, -0.05) is 6.07 Å². The van der Waals surface area contributed by atoms with Gasteiger partial charge < -0.3 is 14.5 Å². The summed E-state index contributed by atoms with van der Waals surface area (Å²) in [5.41, 5.74) is 3.16. The van der Waals surface area contributed by atoms with Crippen molar-refractivity contribution in [3.8, 4) is 0 Å². The molecule has 0 aromatic heterocycles. The number of methoxy groups -OCH3 is 1. The Morgan fingerprint density at radius 2 is 1.89 bits per heavy atom. The zero-order valence-corrected chi connectivity index (χ0v) is 16.4. The summed E-state index contributed by atoms with van der Waals surface area (Å²) >= 11 is 0. The Kier molecular flexibility index (Phi) is 5.82. The second-order valence-corrected chi connectivity index (χ2v) is 7.56. The van der Waals surface area contributed by atoms with Gasteiger partial charge in [-0.25, -0.2) is 0 Å². The quantitative estimate of drug-likeness (QED) is 0.602. The fraction of sp³-hybridized carbons (Fsp3) is 0.571. The fourth-order valence-electron chi connectivity index (χ4n) is 4.04. The Labute approximate surface area is 160 Å². The highest BCUT2D eigenvalue weighted by Gasteiger charge is 2.42. The highest BCUT2D eigenvalue weighted by molar-refractivity contribution is 6.09. The van der Waals surface area contributed by atoms with Gasteiger partial charge in [0, 0.05) is 24.8 Å². The monoisotopic (exact) mass is 372 g/mol.